The summed E-state index contributed by atoms with van der Waals surface area (Å²) in [5.41, 5.74) is 0. The first-order chi connectivity index (χ1) is 9.59. The Balaban J connectivity index is 1.98. The topological polar surface area (TPSA) is 73.0 Å². The molecule has 0 aromatic carbocycles. The van der Waals surface area contributed by atoms with Gasteiger partial charge in [-0.1, -0.05) is 0 Å². The Morgan fingerprint density at radius 1 is 0.950 bits per heavy atom. The number of amides is 3. The minimum Gasteiger partial charge on any atom is -0.344 e. The number of carbonyl (C=O) groups is 3. The predicted octanol–water partition coefficient (Wildman–Crippen LogP) is -1.50. The van der Waals surface area contributed by atoms with Crippen molar-refractivity contribution in [1.82, 2.24) is 20.0 Å². The molecule has 1 N–H and O–H groups in total. The Morgan fingerprint density at radius 3 is 2.45 bits per heavy atom. The fraction of sp³-hybridized carbons (Fsp3) is 0.769. The van der Waals surface area contributed by atoms with E-state index in [-0.39, 0.29) is 12.5 Å². The molecule has 2 rings (SSSR count). The van der Waals surface area contributed by atoms with Crippen LogP contribution in [0.25, 0.3) is 0 Å². The highest BCUT2D eigenvalue weighted by Crippen LogP contribution is 2.06. The number of hydrogen-bond donors (Lipinski definition) is 1. The van der Waals surface area contributed by atoms with Gasteiger partial charge in [0.2, 0.25) is 5.91 Å². The first-order valence-corrected chi connectivity index (χ1v) is 7.12. The van der Waals surface area contributed by atoms with Gasteiger partial charge in [0, 0.05) is 39.8 Å². The molecule has 0 radical (unpaired) electrons. The zero-order valence-corrected chi connectivity index (χ0v) is 11.9. The summed E-state index contributed by atoms with van der Waals surface area (Å²) < 4.78 is 0. The molecule has 0 atom stereocenters. The molecule has 0 spiro atoms. The number of likely N-dealkylation sites (N-methyl/N-ethyl adjacent to an activating group) is 1. The van der Waals surface area contributed by atoms with Crippen LogP contribution < -0.4 is 5.32 Å². The first kappa shape index (κ1) is 14.8. The van der Waals surface area contributed by atoms with Gasteiger partial charge in [-0.15, -0.1) is 0 Å². The van der Waals surface area contributed by atoms with Crippen LogP contribution in [0.15, 0.2) is 0 Å². The molecule has 7 nitrogen and oxygen atoms in total. The van der Waals surface area contributed by atoms with E-state index in [4.69, 9.17) is 0 Å². The number of hydrogen-bond acceptors (Lipinski definition) is 4. The zero-order valence-electron chi connectivity index (χ0n) is 11.9. The van der Waals surface area contributed by atoms with Crippen molar-refractivity contribution in [3.63, 3.8) is 0 Å². The average molecular weight is 282 g/mol. The smallest absolute Gasteiger partial charge is 0.312 e. The van der Waals surface area contributed by atoms with Crippen molar-refractivity contribution in [2.24, 2.45) is 0 Å². The van der Waals surface area contributed by atoms with Crippen LogP contribution in [-0.4, -0.2) is 85.3 Å². The average Bonchev–Trinajstić information content (AvgIpc) is 2.80. The lowest BCUT2D eigenvalue weighted by Gasteiger charge is -2.24. The summed E-state index contributed by atoms with van der Waals surface area (Å²) in [4.78, 5) is 40.8. The molecule has 0 aromatic heterocycles. The highest BCUT2D eigenvalue weighted by atomic mass is 16.2. The molecular formula is C13H22N4O3. The largest absolute Gasteiger partial charge is 0.344 e. The van der Waals surface area contributed by atoms with Crippen LogP contribution in [0.2, 0.25) is 0 Å². The number of nitrogens with zero attached hydrogens (tertiary/aromatic N) is 3. The molecule has 20 heavy (non-hydrogen) atoms. The molecule has 112 valence electrons. The Labute approximate surface area is 118 Å². The summed E-state index contributed by atoms with van der Waals surface area (Å²) in [6.45, 7) is 3.82. The molecule has 2 heterocycles. The van der Waals surface area contributed by atoms with E-state index in [1.54, 1.807) is 16.8 Å². The standard InChI is InChI=1S/C13H22N4O3/c1-15-6-3-8-17(10-11(15)18)13(20)12(19)16-7-2-4-14-5-9-16/h14H,2-10H2,1H3. The summed E-state index contributed by atoms with van der Waals surface area (Å²) in [7, 11) is 1.72. The third-order valence-corrected chi connectivity index (χ3v) is 3.77. The summed E-state index contributed by atoms with van der Waals surface area (Å²) in [6.07, 6.45) is 1.56. The molecule has 2 aliphatic heterocycles. The normalized spacial score (nSPS) is 21.4. The summed E-state index contributed by atoms with van der Waals surface area (Å²) in [5.74, 6) is -1.14. The third kappa shape index (κ3) is 3.47. The lowest BCUT2D eigenvalue weighted by Crippen LogP contribution is -2.48. The van der Waals surface area contributed by atoms with E-state index >= 15 is 0 Å². The van der Waals surface area contributed by atoms with Gasteiger partial charge in [-0.05, 0) is 19.4 Å². The summed E-state index contributed by atoms with van der Waals surface area (Å²) in [5, 5.41) is 3.19. The molecular weight excluding hydrogens is 260 g/mol. The van der Waals surface area contributed by atoms with E-state index in [0.29, 0.717) is 39.1 Å². The minimum atomic E-state index is -0.546. The van der Waals surface area contributed by atoms with Crippen LogP contribution in [0.4, 0.5) is 0 Å². The van der Waals surface area contributed by atoms with E-state index in [9.17, 15) is 14.4 Å². The van der Waals surface area contributed by atoms with Gasteiger partial charge in [0.1, 0.15) is 6.54 Å². The first-order valence-electron chi connectivity index (χ1n) is 7.12. The van der Waals surface area contributed by atoms with E-state index in [0.717, 1.165) is 13.0 Å². The van der Waals surface area contributed by atoms with Crippen molar-refractivity contribution >= 4 is 17.7 Å². The fourth-order valence-corrected chi connectivity index (χ4v) is 2.48. The van der Waals surface area contributed by atoms with Gasteiger partial charge in [0.05, 0.1) is 0 Å². The van der Waals surface area contributed by atoms with Crippen molar-refractivity contribution in [3.05, 3.63) is 0 Å². The Morgan fingerprint density at radius 2 is 1.65 bits per heavy atom. The summed E-state index contributed by atoms with van der Waals surface area (Å²) in [6, 6.07) is 0. The van der Waals surface area contributed by atoms with Gasteiger partial charge in [-0.3, -0.25) is 14.4 Å². The van der Waals surface area contributed by atoms with Gasteiger partial charge in [0.15, 0.2) is 0 Å². The predicted molar refractivity (Wildman–Crippen MR) is 72.9 cm³/mol. The van der Waals surface area contributed by atoms with Crippen LogP contribution in [0.1, 0.15) is 12.8 Å². The van der Waals surface area contributed by atoms with Crippen LogP contribution in [0.5, 0.6) is 0 Å². The van der Waals surface area contributed by atoms with Gasteiger partial charge in [0.25, 0.3) is 0 Å². The van der Waals surface area contributed by atoms with E-state index in [2.05, 4.69) is 5.32 Å². The minimum absolute atomic E-state index is 0.00711. The molecule has 0 aromatic rings. The van der Waals surface area contributed by atoms with Crippen LogP contribution in [0.3, 0.4) is 0 Å². The Kier molecular flexibility index (Phi) is 4.94. The second-order valence-electron chi connectivity index (χ2n) is 5.29. The second kappa shape index (κ2) is 6.69. The van der Waals surface area contributed by atoms with E-state index in [1.807, 2.05) is 0 Å². The number of carbonyl (C=O) groups excluding carboxylic acids is 3. The number of nitrogens with one attached hydrogen (secondary N) is 1. The van der Waals surface area contributed by atoms with Crippen molar-refractivity contribution < 1.29 is 14.4 Å². The van der Waals surface area contributed by atoms with Gasteiger partial charge < -0.3 is 20.0 Å². The quantitative estimate of drug-likeness (QED) is 0.549. The molecule has 2 fully saturated rings. The fourth-order valence-electron chi connectivity index (χ4n) is 2.48. The molecule has 7 heteroatoms. The van der Waals surface area contributed by atoms with Crippen LogP contribution >= 0.6 is 0 Å². The van der Waals surface area contributed by atoms with Gasteiger partial charge in [-0.2, -0.15) is 0 Å². The monoisotopic (exact) mass is 282 g/mol. The maximum Gasteiger partial charge on any atom is 0.312 e. The number of rotatable bonds is 0. The molecule has 2 saturated heterocycles. The molecule has 0 bridgehead atoms. The van der Waals surface area contributed by atoms with Crippen molar-refractivity contribution in [2.45, 2.75) is 12.8 Å². The van der Waals surface area contributed by atoms with Crippen molar-refractivity contribution in [1.29, 1.82) is 0 Å². The van der Waals surface area contributed by atoms with E-state index < -0.39 is 11.8 Å². The molecule has 3 amide bonds. The molecule has 0 unspecified atom stereocenters. The summed E-state index contributed by atoms with van der Waals surface area (Å²) >= 11 is 0. The third-order valence-electron chi connectivity index (χ3n) is 3.77. The molecule has 2 aliphatic rings. The second-order valence-corrected chi connectivity index (χ2v) is 5.29. The maximum absolute atomic E-state index is 12.3. The van der Waals surface area contributed by atoms with Crippen LogP contribution in [0, 0.1) is 0 Å². The van der Waals surface area contributed by atoms with Crippen LogP contribution in [-0.2, 0) is 14.4 Å². The van der Waals surface area contributed by atoms with Gasteiger partial charge in [-0.25, -0.2) is 0 Å². The lowest BCUT2D eigenvalue weighted by molar-refractivity contribution is -0.152. The van der Waals surface area contributed by atoms with Crippen molar-refractivity contribution in [2.75, 3.05) is 52.9 Å². The Hall–Kier alpha value is -1.63. The van der Waals surface area contributed by atoms with E-state index in [1.165, 1.54) is 4.90 Å². The molecule has 0 saturated carbocycles. The maximum atomic E-state index is 12.3. The molecule has 0 aliphatic carbocycles. The SMILES string of the molecule is CN1CCCN(C(=O)C(=O)N2CCCNCC2)CC1=O. The van der Waals surface area contributed by atoms with Gasteiger partial charge >= 0.3 is 11.8 Å². The van der Waals surface area contributed by atoms with Crippen molar-refractivity contribution in [3.8, 4) is 0 Å². The Bertz CT molecular complexity index is 391. The lowest BCUT2D eigenvalue weighted by atomic mass is 10.3. The highest BCUT2D eigenvalue weighted by Gasteiger charge is 2.30. The highest BCUT2D eigenvalue weighted by molar-refractivity contribution is 6.35. The zero-order chi connectivity index (χ0) is 14.5.